The SMILES string of the molecule is Nc1ccc(C2(C(=O)NCc3ccc(Br)s3)CC2)cc1. The molecule has 2 aromatic rings. The van der Waals surface area contributed by atoms with Gasteiger partial charge in [-0.2, -0.15) is 0 Å². The molecular formula is C15H15BrN2OS. The molecule has 0 radical (unpaired) electrons. The molecule has 0 unspecified atom stereocenters. The van der Waals surface area contributed by atoms with Crippen LogP contribution in [-0.2, 0) is 16.8 Å². The maximum atomic E-state index is 12.4. The van der Waals surface area contributed by atoms with Gasteiger partial charge in [-0.05, 0) is 58.6 Å². The van der Waals surface area contributed by atoms with Crippen LogP contribution in [0.4, 0.5) is 5.69 Å². The summed E-state index contributed by atoms with van der Waals surface area (Å²) in [6.07, 6.45) is 1.83. The summed E-state index contributed by atoms with van der Waals surface area (Å²) in [6, 6.07) is 11.7. The Morgan fingerprint density at radius 1 is 1.25 bits per heavy atom. The summed E-state index contributed by atoms with van der Waals surface area (Å²) < 4.78 is 1.08. The van der Waals surface area contributed by atoms with Crippen molar-refractivity contribution in [2.24, 2.45) is 0 Å². The second-order valence-electron chi connectivity index (χ2n) is 5.09. The molecule has 20 heavy (non-hydrogen) atoms. The van der Waals surface area contributed by atoms with Gasteiger partial charge < -0.3 is 11.1 Å². The Morgan fingerprint density at radius 3 is 2.50 bits per heavy atom. The first-order chi connectivity index (χ1) is 9.60. The fourth-order valence-corrected chi connectivity index (χ4v) is 3.78. The van der Waals surface area contributed by atoms with E-state index in [1.807, 2.05) is 36.4 Å². The van der Waals surface area contributed by atoms with Crippen LogP contribution in [0.3, 0.4) is 0 Å². The Hall–Kier alpha value is -1.33. The lowest BCUT2D eigenvalue weighted by atomic mass is 9.95. The topological polar surface area (TPSA) is 55.1 Å². The standard InChI is InChI=1S/C15H15BrN2OS/c16-13-6-5-12(20-13)9-18-14(19)15(7-8-15)10-1-3-11(17)4-2-10/h1-6H,7-9,17H2,(H,18,19). The van der Waals surface area contributed by atoms with Crippen molar-refractivity contribution < 1.29 is 4.79 Å². The molecule has 0 atom stereocenters. The second kappa shape index (κ2) is 5.22. The van der Waals surface area contributed by atoms with Gasteiger partial charge in [0.05, 0.1) is 15.7 Å². The zero-order valence-corrected chi connectivity index (χ0v) is 13.3. The number of nitrogen functional groups attached to an aromatic ring is 1. The molecule has 104 valence electrons. The summed E-state index contributed by atoms with van der Waals surface area (Å²) in [4.78, 5) is 13.6. The van der Waals surface area contributed by atoms with Gasteiger partial charge >= 0.3 is 0 Å². The summed E-state index contributed by atoms with van der Waals surface area (Å²) in [5, 5.41) is 3.05. The molecule has 3 N–H and O–H groups in total. The molecule has 1 amide bonds. The van der Waals surface area contributed by atoms with E-state index in [0.717, 1.165) is 32.8 Å². The van der Waals surface area contributed by atoms with Gasteiger partial charge in [0.2, 0.25) is 5.91 Å². The van der Waals surface area contributed by atoms with E-state index in [4.69, 9.17) is 5.73 Å². The van der Waals surface area contributed by atoms with Crippen molar-refractivity contribution in [3.8, 4) is 0 Å². The van der Waals surface area contributed by atoms with Crippen LogP contribution in [0.25, 0.3) is 0 Å². The van der Waals surface area contributed by atoms with E-state index in [9.17, 15) is 4.79 Å². The Balaban J connectivity index is 1.68. The lowest BCUT2D eigenvalue weighted by molar-refractivity contribution is -0.123. The smallest absolute Gasteiger partial charge is 0.230 e. The number of amides is 1. The highest BCUT2D eigenvalue weighted by Crippen LogP contribution is 2.48. The van der Waals surface area contributed by atoms with Crippen molar-refractivity contribution in [2.45, 2.75) is 24.8 Å². The van der Waals surface area contributed by atoms with Gasteiger partial charge in [-0.25, -0.2) is 0 Å². The highest BCUT2D eigenvalue weighted by molar-refractivity contribution is 9.11. The van der Waals surface area contributed by atoms with Gasteiger partial charge in [0.1, 0.15) is 0 Å². The molecule has 1 fully saturated rings. The molecule has 1 aromatic heterocycles. The largest absolute Gasteiger partial charge is 0.399 e. The van der Waals surface area contributed by atoms with Crippen molar-refractivity contribution in [2.75, 3.05) is 5.73 Å². The van der Waals surface area contributed by atoms with Crippen LogP contribution in [0.2, 0.25) is 0 Å². The van der Waals surface area contributed by atoms with Crippen LogP contribution >= 0.6 is 27.3 Å². The maximum Gasteiger partial charge on any atom is 0.230 e. The molecule has 0 aliphatic heterocycles. The Labute approximate surface area is 130 Å². The number of carbonyl (C=O) groups is 1. The number of carbonyl (C=O) groups excluding carboxylic acids is 1. The predicted octanol–water partition coefficient (Wildman–Crippen LogP) is 3.44. The number of nitrogens with two attached hydrogens (primary N) is 1. The van der Waals surface area contributed by atoms with Crippen molar-refractivity contribution in [3.63, 3.8) is 0 Å². The number of thiophene rings is 1. The lowest BCUT2D eigenvalue weighted by Crippen LogP contribution is -2.34. The average molecular weight is 351 g/mol. The highest BCUT2D eigenvalue weighted by atomic mass is 79.9. The fourth-order valence-electron chi connectivity index (χ4n) is 2.36. The third-order valence-corrected chi connectivity index (χ3v) is 5.32. The molecule has 0 bridgehead atoms. The van der Waals surface area contributed by atoms with Crippen LogP contribution in [-0.4, -0.2) is 5.91 Å². The normalized spacial score (nSPS) is 15.8. The van der Waals surface area contributed by atoms with E-state index in [1.54, 1.807) is 11.3 Å². The molecule has 1 aliphatic rings. The molecular weight excluding hydrogens is 336 g/mol. The van der Waals surface area contributed by atoms with E-state index >= 15 is 0 Å². The molecule has 0 saturated heterocycles. The van der Waals surface area contributed by atoms with Crippen molar-refractivity contribution in [1.29, 1.82) is 0 Å². The van der Waals surface area contributed by atoms with E-state index in [1.165, 1.54) is 0 Å². The quantitative estimate of drug-likeness (QED) is 0.829. The van der Waals surface area contributed by atoms with Crippen molar-refractivity contribution in [1.82, 2.24) is 5.32 Å². The minimum Gasteiger partial charge on any atom is -0.399 e. The Kier molecular flexibility index (Phi) is 3.56. The van der Waals surface area contributed by atoms with E-state index in [0.29, 0.717) is 6.54 Å². The average Bonchev–Trinajstić information content (AvgIpc) is 3.15. The second-order valence-corrected chi connectivity index (χ2v) is 7.64. The summed E-state index contributed by atoms with van der Waals surface area (Å²) in [5.74, 6) is 0.117. The van der Waals surface area contributed by atoms with E-state index in [-0.39, 0.29) is 11.3 Å². The first-order valence-corrected chi connectivity index (χ1v) is 8.10. The summed E-state index contributed by atoms with van der Waals surface area (Å²) in [7, 11) is 0. The van der Waals surface area contributed by atoms with Crippen LogP contribution < -0.4 is 11.1 Å². The van der Waals surface area contributed by atoms with Gasteiger partial charge in [0.15, 0.2) is 0 Å². The molecule has 5 heteroatoms. The number of rotatable bonds is 4. The minimum absolute atomic E-state index is 0.117. The van der Waals surface area contributed by atoms with Crippen LogP contribution in [0, 0.1) is 0 Å². The van der Waals surface area contributed by atoms with Gasteiger partial charge in [0.25, 0.3) is 0 Å². The lowest BCUT2D eigenvalue weighted by Gasteiger charge is -2.15. The molecule has 1 heterocycles. The predicted molar refractivity (Wildman–Crippen MR) is 85.6 cm³/mol. The number of nitrogens with one attached hydrogen (secondary N) is 1. The van der Waals surface area contributed by atoms with E-state index in [2.05, 4.69) is 21.2 Å². The third-order valence-electron chi connectivity index (χ3n) is 3.70. The number of hydrogen-bond donors (Lipinski definition) is 2. The number of hydrogen-bond acceptors (Lipinski definition) is 3. The molecule has 1 aliphatic carbocycles. The van der Waals surface area contributed by atoms with Crippen molar-refractivity contribution >= 4 is 38.9 Å². The van der Waals surface area contributed by atoms with Gasteiger partial charge in [0, 0.05) is 10.6 Å². The summed E-state index contributed by atoms with van der Waals surface area (Å²) in [5.41, 5.74) is 7.16. The zero-order valence-electron chi connectivity index (χ0n) is 10.9. The molecule has 3 nitrogen and oxygen atoms in total. The van der Waals surface area contributed by atoms with Crippen LogP contribution in [0.1, 0.15) is 23.3 Å². The highest BCUT2D eigenvalue weighted by Gasteiger charge is 2.51. The number of benzene rings is 1. The van der Waals surface area contributed by atoms with Gasteiger partial charge in [-0.3, -0.25) is 4.79 Å². The fraction of sp³-hybridized carbons (Fsp3) is 0.267. The van der Waals surface area contributed by atoms with Crippen LogP contribution in [0.15, 0.2) is 40.2 Å². The van der Waals surface area contributed by atoms with Crippen molar-refractivity contribution in [3.05, 3.63) is 50.6 Å². The first kappa shape index (κ1) is 13.6. The van der Waals surface area contributed by atoms with Gasteiger partial charge in [-0.15, -0.1) is 11.3 Å². The minimum atomic E-state index is -0.331. The summed E-state index contributed by atoms with van der Waals surface area (Å²) >= 11 is 5.07. The Morgan fingerprint density at radius 2 is 1.95 bits per heavy atom. The molecule has 1 saturated carbocycles. The number of anilines is 1. The molecule has 0 spiro atoms. The maximum absolute atomic E-state index is 12.4. The molecule has 3 rings (SSSR count). The third kappa shape index (κ3) is 2.60. The van der Waals surface area contributed by atoms with E-state index < -0.39 is 0 Å². The monoisotopic (exact) mass is 350 g/mol. The molecule has 1 aromatic carbocycles. The Bertz CT molecular complexity index is 632. The van der Waals surface area contributed by atoms with Crippen LogP contribution in [0.5, 0.6) is 0 Å². The van der Waals surface area contributed by atoms with Gasteiger partial charge in [-0.1, -0.05) is 12.1 Å². The summed E-state index contributed by atoms with van der Waals surface area (Å²) in [6.45, 7) is 0.589. The number of halogens is 1. The first-order valence-electron chi connectivity index (χ1n) is 6.49. The zero-order chi connectivity index (χ0) is 14.2.